The van der Waals surface area contributed by atoms with Crippen LogP contribution in [-0.2, 0) is 18.7 Å². The lowest BCUT2D eigenvalue weighted by molar-refractivity contribution is -0.242. The van der Waals surface area contributed by atoms with Crippen molar-refractivity contribution < 1.29 is 18.7 Å². The second-order valence-electron chi connectivity index (χ2n) is 13.9. The molecule has 5 rings (SSSR count). The summed E-state index contributed by atoms with van der Waals surface area (Å²) in [6.45, 7) is 17.9. The lowest BCUT2D eigenvalue weighted by atomic mass is 9.44. The van der Waals surface area contributed by atoms with E-state index in [1.54, 1.807) is 0 Å². The van der Waals surface area contributed by atoms with Crippen LogP contribution in [-0.4, -0.2) is 39.2 Å². The van der Waals surface area contributed by atoms with Gasteiger partial charge in [0.25, 0.3) is 0 Å². The van der Waals surface area contributed by atoms with Gasteiger partial charge in [-0.05, 0) is 79.8 Å². The van der Waals surface area contributed by atoms with Crippen LogP contribution in [0, 0.1) is 34.5 Å². The Balaban J connectivity index is 1.36. The van der Waals surface area contributed by atoms with E-state index >= 15 is 0 Å². The Kier molecular flexibility index (Phi) is 5.42. The van der Waals surface area contributed by atoms with Crippen molar-refractivity contribution in [2.75, 3.05) is 13.2 Å². The van der Waals surface area contributed by atoms with Gasteiger partial charge in [0.15, 0.2) is 14.1 Å². The molecule has 0 amide bonds. The molecule has 1 aliphatic heterocycles. The Morgan fingerprint density at radius 2 is 1.69 bits per heavy atom. The molecule has 0 aromatic carbocycles. The van der Waals surface area contributed by atoms with Gasteiger partial charge in [0.05, 0.1) is 13.2 Å². The molecule has 0 aromatic rings. The molecule has 0 radical (unpaired) electrons. The fraction of sp³-hybridized carbons (Fsp3) is 0.963. The predicted octanol–water partition coefficient (Wildman–Crippen LogP) is 6.34. The topological polar surface area (TPSA) is 44.8 Å². The van der Waals surface area contributed by atoms with Gasteiger partial charge >= 0.3 is 0 Å². The molecule has 1 spiro atoms. The summed E-state index contributed by atoms with van der Waals surface area (Å²) in [5, 5.41) is 0.248. The van der Waals surface area contributed by atoms with Gasteiger partial charge < -0.3 is 13.9 Å². The van der Waals surface area contributed by atoms with Crippen molar-refractivity contribution in [3.63, 3.8) is 0 Å². The summed E-state index contributed by atoms with van der Waals surface area (Å²) in [6, 6.07) is 0. The Morgan fingerprint density at radius 3 is 2.34 bits per heavy atom. The molecule has 5 heteroatoms. The van der Waals surface area contributed by atoms with Gasteiger partial charge in [-0.15, -0.1) is 0 Å². The van der Waals surface area contributed by atoms with Crippen LogP contribution in [0.25, 0.3) is 0 Å². The van der Waals surface area contributed by atoms with Gasteiger partial charge in [0.1, 0.15) is 5.78 Å². The lowest BCUT2D eigenvalue weighted by Crippen LogP contribution is -2.60. The Morgan fingerprint density at radius 1 is 1.00 bits per heavy atom. The van der Waals surface area contributed by atoms with E-state index in [-0.39, 0.29) is 21.8 Å². The number of rotatable bonds is 2. The minimum Gasteiger partial charge on any atom is -0.414 e. The molecule has 7 atom stereocenters. The van der Waals surface area contributed by atoms with Crippen LogP contribution >= 0.6 is 0 Å². The largest absolute Gasteiger partial charge is 0.414 e. The maximum Gasteiger partial charge on any atom is 0.192 e. The van der Waals surface area contributed by atoms with E-state index < -0.39 is 14.1 Å². The monoisotopic (exact) mass is 462 g/mol. The first kappa shape index (κ1) is 23.5. The zero-order valence-corrected chi connectivity index (χ0v) is 22.6. The molecule has 4 aliphatic carbocycles. The first-order valence-corrected chi connectivity index (χ1v) is 16.2. The van der Waals surface area contributed by atoms with Crippen molar-refractivity contribution in [2.45, 2.75) is 116 Å². The molecule has 1 saturated heterocycles. The molecule has 5 aliphatic rings. The Bertz CT molecular complexity index is 766. The summed E-state index contributed by atoms with van der Waals surface area (Å²) < 4.78 is 19.3. The number of hydrogen-bond acceptors (Lipinski definition) is 4. The van der Waals surface area contributed by atoms with Crippen LogP contribution in [0.5, 0.6) is 0 Å². The van der Waals surface area contributed by atoms with Gasteiger partial charge in [-0.2, -0.15) is 0 Å². The van der Waals surface area contributed by atoms with Crippen LogP contribution in [0.1, 0.15) is 86.0 Å². The molecular weight excluding hydrogens is 416 g/mol. The minimum absolute atomic E-state index is 0.141. The molecule has 182 valence electrons. The standard InChI is InChI=1S/C27H46O4Si/c1-24(2,3)32(6,7)31-19-10-12-25(4)18(16-19)8-9-20-21-11-13-27(29-14-15-30-27)26(21,5)17-22(28)23(20)25/h18-21,23H,8-17H2,1-7H3/t18-,19-,20?,21?,23?,25+,26+/m1/s1. The number of fused-ring (bicyclic) bond motifs is 6. The Hall–Kier alpha value is -0.233. The van der Waals surface area contributed by atoms with Crippen LogP contribution in [0.4, 0.5) is 0 Å². The highest BCUT2D eigenvalue weighted by molar-refractivity contribution is 6.74. The first-order valence-electron chi connectivity index (χ1n) is 13.3. The average molecular weight is 463 g/mol. The third-order valence-corrected chi connectivity index (χ3v) is 15.9. The van der Waals surface area contributed by atoms with Crippen molar-refractivity contribution in [3.05, 3.63) is 0 Å². The van der Waals surface area contributed by atoms with E-state index in [1.165, 1.54) is 12.8 Å². The number of ketones is 1. The Labute approximate surface area is 196 Å². The maximum absolute atomic E-state index is 13.9. The highest BCUT2D eigenvalue weighted by atomic mass is 28.4. The average Bonchev–Trinajstić information content (AvgIpc) is 3.27. The zero-order valence-electron chi connectivity index (χ0n) is 21.6. The summed E-state index contributed by atoms with van der Waals surface area (Å²) >= 11 is 0. The molecule has 0 aromatic heterocycles. The normalized spacial score (nSPS) is 46.1. The molecule has 4 nitrogen and oxygen atoms in total. The van der Waals surface area contributed by atoms with Crippen LogP contribution in [0.15, 0.2) is 0 Å². The van der Waals surface area contributed by atoms with E-state index in [9.17, 15) is 4.79 Å². The van der Waals surface area contributed by atoms with Crippen molar-refractivity contribution in [1.82, 2.24) is 0 Å². The highest BCUT2D eigenvalue weighted by Gasteiger charge is 2.69. The van der Waals surface area contributed by atoms with Crippen molar-refractivity contribution in [1.29, 1.82) is 0 Å². The summed E-state index contributed by atoms with van der Waals surface area (Å²) in [5.41, 5.74) is -0.00461. The second-order valence-corrected chi connectivity index (χ2v) is 18.6. The summed E-state index contributed by atoms with van der Waals surface area (Å²) in [6.07, 6.45) is 9.01. The van der Waals surface area contributed by atoms with E-state index in [0.717, 1.165) is 32.1 Å². The van der Waals surface area contributed by atoms with E-state index in [2.05, 4.69) is 47.7 Å². The number of ether oxygens (including phenoxy) is 2. The van der Waals surface area contributed by atoms with Gasteiger partial charge in [0, 0.05) is 30.3 Å². The molecular formula is C27H46O4Si. The van der Waals surface area contributed by atoms with Crippen LogP contribution in [0.3, 0.4) is 0 Å². The van der Waals surface area contributed by atoms with Gasteiger partial charge in [-0.3, -0.25) is 4.79 Å². The molecule has 0 N–H and O–H groups in total. The number of carbonyl (C=O) groups is 1. The molecule has 32 heavy (non-hydrogen) atoms. The molecule has 1 heterocycles. The number of Topliss-reactive ketones (excluding diaryl/α,β-unsaturated/α-hetero) is 1. The van der Waals surface area contributed by atoms with Gasteiger partial charge in [-0.1, -0.05) is 34.6 Å². The number of carbonyl (C=O) groups excluding carboxylic acids is 1. The van der Waals surface area contributed by atoms with Crippen molar-refractivity contribution in [3.8, 4) is 0 Å². The van der Waals surface area contributed by atoms with Gasteiger partial charge in [-0.25, -0.2) is 0 Å². The van der Waals surface area contributed by atoms with Gasteiger partial charge in [0.2, 0.25) is 0 Å². The molecule has 0 bridgehead atoms. The summed E-state index contributed by atoms with van der Waals surface area (Å²) in [7, 11) is -1.76. The van der Waals surface area contributed by atoms with Crippen molar-refractivity contribution >= 4 is 14.1 Å². The van der Waals surface area contributed by atoms with E-state index in [1.807, 2.05) is 0 Å². The third-order valence-electron chi connectivity index (χ3n) is 11.4. The fourth-order valence-corrected chi connectivity index (χ4v) is 10.0. The summed E-state index contributed by atoms with van der Waals surface area (Å²) in [5.74, 6) is 1.92. The van der Waals surface area contributed by atoms with Crippen LogP contribution in [0.2, 0.25) is 18.1 Å². The quantitative estimate of drug-likeness (QED) is 0.449. The van der Waals surface area contributed by atoms with E-state index in [0.29, 0.717) is 49.3 Å². The predicted molar refractivity (Wildman–Crippen MR) is 129 cm³/mol. The molecule has 3 unspecified atom stereocenters. The molecule has 5 fully saturated rings. The fourth-order valence-electron chi connectivity index (χ4n) is 8.61. The smallest absolute Gasteiger partial charge is 0.192 e. The lowest BCUT2D eigenvalue weighted by Gasteiger charge is -2.60. The maximum atomic E-state index is 13.9. The third kappa shape index (κ3) is 3.20. The minimum atomic E-state index is -1.76. The second kappa shape index (κ2) is 7.38. The first-order chi connectivity index (χ1) is 14.8. The van der Waals surface area contributed by atoms with Crippen LogP contribution < -0.4 is 0 Å². The number of hydrogen-bond donors (Lipinski definition) is 0. The highest BCUT2D eigenvalue weighted by Crippen LogP contribution is 2.68. The van der Waals surface area contributed by atoms with E-state index in [4.69, 9.17) is 13.9 Å². The summed E-state index contributed by atoms with van der Waals surface area (Å²) in [4.78, 5) is 13.9. The van der Waals surface area contributed by atoms with Crippen molar-refractivity contribution in [2.24, 2.45) is 34.5 Å². The molecule has 4 saturated carbocycles. The zero-order chi connectivity index (χ0) is 23.2. The SMILES string of the molecule is CC(C)(C)[Si](C)(C)O[C@@H]1CC[C@]2(C)C3C(=O)C[C@@]4(C)C(CCC45OCCO5)C3CC[C@@H]2C1.